The van der Waals surface area contributed by atoms with E-state index in [4.69, 9.17) is 9.97 Å². The van der Waals surface area contributed by atoms with Crippen molar-refractivity contribution in [2.75, 3.05) is 30.9 Å². The fourth-order valence-electron chi connectivity index (χ4n) is 5.18. The summed E-state index contributed by atoms with van der Waals surface area (Å²) < 4.78 is 0. The highest BCUT2D eigenvalue weighted by molar-refractivity contribution is 5.90. The first-order valence-electron chi connectivity index (χ1n) is 15.2. The molecular formula is C33H52N4. The van der Waals surface area contributed by atoms with E-state index < -0.39 is 0 Å². The summed E-state index contributed by atoms with van der Waals surface area (Å²) in [6.07, 6.45) is 22.5. The quantitative estimate of drug-likeness (QED) is 0.130. The Morgan fingerprint density at radius 3 is 1.65 bits per heavy atom. The molecule has 0 aliphatic heterocycles. The fourth-order valence-corrected chi connectivity index (χ4v) is 5.18. The Hall–Kier alpha value is -2.36. The number of benzene rings is 2. The number of fused-ring (bicyclic) bond motifs is 2. The van der Waals surface area contributed by atoms with Crippen LogP contribution in [0.3, 0.4) is 0 Å². The largest absolute Gasteiger partial charge is 0.385 e. The van der Waals surface area contributed by atoms with E-state index in [2.05, 4.69) is 68.5 Å². The number of unbranched alkanes of at least 4 members (excludes halogenated alkanes) is 15. The number of anilines is 2. The van der Waals surface area contributed by atoms with Crippen molar-refractivity contribution in [2.45, 2.75) is 117 Å². The van der Waals surface area contributed by atoms with Gasteiger partial charge >= 0.3 is 0 Å². The lowest BCUT2D eigenvalue weighted by Gasteiger charge is -2.14. The number of hydrogen-bond acceptors (Lipinski definition) is 4. The highest BCUT2D eigenvalue weighted by atomic mass is 15.1. The van der Waals surface area contributed by atoms with Crippen molar-refractivity contribution in [2.24, 2.45) is 0 Å². The van der Waals surface area contributed by atoms with Crippen LogP contribution >= 0.6 is 0 Å². The topological polar surface area (TPSA) is 41.1 Å². The maximum Gasteiger partial charge on any atom is 0.0915 e. The first kappa shape index (κ1) is 29.2. The lowest BCUT2D eigenvalue weighted by Crippen LogP contribution is -2.08. The van der Waals surface area contributed by atoms with E-state index in [9.17, 15) is 0 Å². The number of nitrogens with one attached hydrogen (secondary N) is 1. The smallest absolute Gasteiger partial charge is 0.0915 e. The Bertz CT molecular complexity index is 1060. The molecule has 0 bridgehead atoms. The van der Waals surface area contributed by atoms with Gasteiger partial charge in [0.1, 0.15) is 0 Å². The van der Waals surface area contributed by atoms with Crippen LogP contribution in [-0.4, -0.2) is 30.6 Å². The normalized spacial score (nSPS) is 11.5. The molecule has 0 aliphatic carbocycles. The SMILES string of the molecule is CCCCCCCCCCCCCCCCCCNc1cc2nc3cc(N(C)C)ccc3nc2cc1C. The predicted octanol–water partition coefficient (Wildman–Crippen LogP) is 9.83. The number of hydrogen-bond donors (Lipinski definition) is 1. The van der Waals surface area contributed by atoms with Gasteiger partial charge in [0.2, 0.25) is 0 Å². The zero-order valence-corrected chi connectivity index (χ0v) is 24.2. The summed E-state index contributed by atoms with van der Waals surface area (Å²) in [6, 6.07) is 10.6. The molecule has 0 aliphatic rings. The van der Waals surface area contributed by atoms with E-state index in [1.165, 1.54) is 114 Å². The minimum Gasteiger partial charge on any atom is -0.385 e. The molecule has 1 N–H and O–H groups in total. The summed E-state index contributed by atoms with van der Waals surface area (Å²) in [6.45, 7) is 5.48. The number of nitrogens with zero attached hydrogens (tertiary/aromatic N) is 3. The number of rotatable bonds is 19. The van der Waals surface area contributed by atoms with Crippen molar-refractivity contribution in [1.82, 2.24) is 9.97 Å². The highest BCUT2D eigenvalue weighted by Gasteiger charge is 2.07. The third kappa shape index (κ3) is 10.1. The molecule has 0 radical (unpaired) electrons. The maximum absolute atomic E-state index is 4.92. The zero-order chi connectivity index (χ0) is 26.3. The van der Waals surface area contributed by atoms with Crippen molar-refractivity contribution in [1.29, 1.82) is 0 Å². The van der Waals surface area contributed by atoms with Gasteiger partial charge in [0.05, 0.1) is 22.1 Å². The van der Waals surface area contributed by atoms with E-state index in [1.54, 1.807) is 0 Å². The van der Waals surface area contributed by atoms with E-state index in [-0.39, 0.29) is 0 Å². The van der Waals surface area contributed by atoms with Crippen molar-refractivity contribution >= 4 is 33.4 Å². The molecule has 4 nitrogen and oxygen atoms in total. The molecule has 1 heterocycles. The standard InChI is InChI=1S/C33H52N4/c1-5-6-7-8-9-10-11-12-13-14-15-16-17-18-19-20-23-34-30-26-33-31(24-27(30)2)35-29-22-21-28(37(3)4)25-32(29)36-33/h21-22,24-26,34H,5-20,23H2,1-4H3. The Labute approximate surface area is 226 Å². The van der Waals surface area contributed by atoms with Crippen LogP contribution in [0, 0.1) is 6.92 Å². The van der Waals surface area contributed by atoms with Gasteiger partial charge in [-0.25, -0.2) is 9.97 Å². The second-order valence-electron chi connectivity index (χ2n) is 11.2. The summed E-state index contributed by atoms with van der Waals surface area (Å²) in [5.74, 6) is 0. The van der Waals surface area contributed by atoms with E-state index in [1.807, 2.05) is 0 Å². The number of aromatic nitrogens is 2. The van der Waals surface area contributed by atoms with Crippen molar-refractivity contribution < 1.29 is 0 Å². The van der Waals surface area contributed by atoms with E-state index in [0.717, 1.165) is 34.3 Å². The van der Waals surface area contributed by atoms with Gasteiger partial charge in [-0.1, -0.05) is 103 Å². The molecule has 0 atom stereocenters. The maximum atomic E-state index is 4.92. The van der Waals surface area contributed by atoms with Crippen LogP contribution in [0.15, 0.2) is 30.3 Å². The van der Waals surface area contributed by atoms with Gasteiger partial charge in [-0.2, -0.15) is 0 Å². The number of aryl methyl sites for hydroxylation is 1. The monoisotopic (exact) mass is 504 g/mol. The molecule has 4 heteroatoms. The average molecular weight is 505 g/mol. The van der Waals surface area contributed by atoms with Crippen molar-refractivity contribution in [3.8, 4) is 0 Å². The molecule has 0 spiro atoms. The molecule has 0 saturated carbocycles. The third-order valence-corrected chi connectivity index (χ3v) is 7.62. The Kier molecular flexibility index (Phi) is 13.0. The molecule has 204 valence electrons. The van der Waals surface area contributed by atoms with Gasteiger partial charge in [-0.15, -0.1) is 0 Å². The van der Waals surface area contributed by atoms with Gasteiger partial charge in [0.15, 0.2) is 0 Å². The molecular weight excluding hydrogens is 452 g/mol. The summed E-state index contributed by atoms with van der Waals surface area (Å²) in [5.41, 5.74) is 7.40. The van der Waals surface area contributed by atoms with Gasteiger partial charge in [-0.3, -0.25) is 0 Å². The lowest BCUT2D eigenvalue weighted by atomic mass is 10.0. The van der Waals surface area contributed by atoms with Crippen LogP contribution < -0.4 is 10.2 Å². The van der Waals surface area contributed by atoms with Crippen LogP contribution in [0.5, 0.6) is 0 Å². The van der Waals surface area contributed by atoms with Crippen molar-refractivity contribution in [3.05, 3.63) is 35.9 Å². The molecule has 0 unspecified atom stereocenters. The van der Waals surface area contributed by atoms with Crippen LogP contribution in [0.2, 0.25) is 0 Å². The highest BCUT2D eigenvalue weighted by Crippen LogP contribution is 2.25. The van der Waals surface area contributed by atoms with E-state index >= 15 is 0 Å². The summed E-state index contributed by atoms with van der Waals surface area (Å²) in [5, 5.41) is 3.66. The molecule has 0 amide bonds. The van der Waals surface area contributed by atoms with Gasteiger partial charge in [-0.05, 0) is 49.2 Å². The molecule has 0 fully saturated rings. The fraction of sp³-hybridized carbons (Fsp3) is 0.636. The lowest BCUT2D eigenvalue weighted by molar-refractivity contribution is 0.530. The Morgan fingerprint density at radius 2 is 1.08 bits per heavy atom. The Balaban J connectivity index is 1.27. The molecule has 0 saturated heterocycles. The first-order chi connectivity index (χ1) is 18.1. The van der Waals surface area contributed by atoms with Crippen molar-refractivity contribution in [3.63, 3.8) is 0 Å². The molecule has 3 aromatic rings. The molecule has 2 aromatic carbocycles. The summed E-state index contributed by atoms with van der Waals surface area (Å²) in [7, 11) is 4.11. The van der Waals surface area contributed by atoms with E-state index in [0.29, 0.717) is 0 Å². The first-order valence-corrected chi connectivity index (χ1v) is 15.2. The van der Waals surface area contributed by atoms with Crippen LogP contribution in [-0.2, 0) is 0 Å². The van der Waals surface area contributed by atoms with Gasteiger partial charge < -0.3 is 10.2 Å². The van der Waals surface area contributed by atoms with Gasteiger partial charge in [0.25, 0.3) is 0 Å². The summed E-state index contributed by atoms with van der Waals surface area (Å²) >= 11 is 0. The van der Waals surface area contributed by atoms with Crippen LogP contribution in [0.25, 0.3) is 22.1 Å². The molecule has 3 rings (SSSR count). The zero-order valence-electron chi connectivity index (χ0n) is 24.2. The average Bonchev–Trinajstić information content (AvgIpc) is 2.89. The second-order valence-corrected chi connectivity index (χ2v) is 11.2. The predicted molar refractivity (Wildman–Crippen MR) is 164 cm³/mol. The molecule has 1 aromatic heterocycles. The summed E-state index contributed by atoms with van der Waals surface area (Å²) in [4.78, 5) is 11.9. The second kappa shape index (κ2) is 16.5. The van der Waals surface area contributed by atoms with Gasteiger partial charge in [0, 0.05) is 32.0 Å². The van der Waals surface area contributed by atoms with Crippen LogP contribution in [0.1, 0.15) is 115 Å². The van der Waals surface area contributed by atoms with Crippen LogP contribution in [0.4, 0.5) is 11.4 Å². The third-order valence-electron chi connectivity index (χ3n) is 7.62. The molecule has 37 heavy (non-hydrogen) atoms. The minimum absolute atomic E-state index is 0.950. The Morgan fingerprint density at radius 1 is 0.595 bits per heavy atom. The minimum atomic E-state index is 0.950.